The molecule has 0 saturated carbocycles. The highest BCUT2D eigenvalue weighted by Crippen LogP contribution is 2.38. The minimum Gasteiger partial charge on any atom is -0.476 e. The maximum absolute atomic E-state index is 13.3. The van der Waals surface area contributed by atoms with Crippen LogP contribution in [0.15, 0.2) is 77.7 Å². The van der Waals surface area contributed by atoms with Crippen LogP contribution in [0.25, 0.3) is 0 Å². The summed E-state index contributed by atoms with van der Waals surface area (Å²) in [6.45, 7) is 0.0934. The molecule has 1 atom stereocenters. The normalized spacial score (nSPS) is 15.6. The molecule has 32 heavy (non-hydrogen) atoms. The van der Waals surface area contributed by atoms with Crippen molar-refractivity contribution in [2.45, 2.75) is 17.4 Å². The molecule has 0 fully saturated rings. The van der Waals surface area contributed by atoms with E-state index in [4.69, 9.17) is 16.3 Å². The molecule has 0 aliphatic carbocycles. The number of halogens is 2. The van der Waals surface area contributed by atoms with Gasteiger partial charge in [-0.25, -0.2) is 12.8 Å². The van der Waals surface area contributed by atoms with E-state index >= 15 is 0 Å². The Hall–Kier alpha value is -3.10. The molecule has 6 nitrogen and oxygen atoms in total. The number of nitrogens with one attached hydrogen (secondary N) is 1. The van der Waals surface area contributed by atoms with Crippen LogP contribution in [0.3, 0.4) is 0 Å². The maximum Gasteiger partial charge on any atom is 0.264 e. The van der Waals surface area contributed by atoms with Gasteiger partial charge in [0, 0.05) is 11.6 Å². The van der Waals surface area contributed by atoms with Gasteiger partial charge in [0.25, 0.3) is 15.9 Å². The van der Waals surface area contributed by atoms with E-state index in [1.165, 1.54) is 30.3 Å². The number of rotatable bonds is 6. The monoisotopic (exact) mass is 474 g/mol. The summed E-state index contributed by atoms with van der Waals surface area (Å²) >= 11 is 6.09. The smallest absolute Gasteiger partial charge is 0.264 e. The van der Waals surface area contributed by atoms with Crippen molar-refractivity contribution in [3.63, 3.8) is 0 Å². The Kier molecular flexibility index (Phi) is 6.34. The maximum atomic E-state index is 13.3. The Balaban J connectivity index is 1.54. The van der Waals surface area contributed by atoms with Crippen molar-refractivity contribution in [3.8, 4) is 5.75 Å². The molecule has 1 N–H and O–H groups in total. The lowest BCUT2D eigenvalue weighted by Gasteiger charge is -2.34. The quantitative estimate of drug-likeness (QED) is 0.589. The predicted octanol–water partition coefficient (Wildman–Crippen LogP) is 3.79. The number of hydrogen-bond donors (Lipinski definition) is 1. The molecule has 0 radical (unpaired) electrons. The summed E-state index contributed by atoms with van der Waals surface area (Å²) in [4.78, 5) is 12.9. The van der Waals surface area contributed by atoms with Gasteiger partial charge in [0.2, 0.25) is 0 Å². The Morgan fingerprint density at radius 2 is 1.81 bits per heavy atom. The number of sulfonamides is 1. The average Bonchev–Trinajstić information content (AvgIpc) is 2.80. The molecule has 0 unspecified atom stereocenters. The molecule has 3 aromatic rings. The number of hydrogen-bond acceptors (Lipinski definition) is 4. The number of fused-ring (bicyclic) bond motifs is 1. The van der Waals surface area contributed by atoms with Gasteiger partial charge in [0.15, 0.2) is 6.10 Å². The average molecular weight is 475 g/mol. The van der Waals surface area contributed by atoms with E-state index in [9.17, 15) is 17.6 Å². The van der Waals surface area contributed by atoms with Crippen molar-refractivity contribution in [2.75, 3.05) is 17.4 Å². The molecule has 0 bridgehead atoms. The predicted molar refractivity (Wildman–Crippen MR) is 120 cm³/mol. The van der Waals surface area contributed by atoms with Crippen molar-refractivity contribution < 1.29 is 22.3 Å². The highest BCUT2D eigenvalue weighted by Gasteiger charge is 2.37. The number of anilines is 1. The third-order valence-electron chi connectivity index (χ3n) is 5.04. The second-order valence-electron chi connectivity index (χ2n) is 7.24. The van der Waals surface area contributed by atoms with Crippen molar-refractivity contribution >= 4 is 33.2 Å². The van der Waals surface area contributed by atoms with Crippen LogP contribution in [0.4, 0.5) is 10.1 Å². The number of benzene rings is 3. The minimum absolute atomic E-state index is 0.100. The van der Waals surface area contributed by atoms with Gasteiger partial charge in [-0.3, -0.25) is 9.10 Å². The van der Waals surface area contributed by atoms with E-state index in [0.29, 0.717) is 18.0 Å². The fourth-order valence-corrected chi connectivity index (χ4v) is 5.06. The summed E-state index contributed by atoms with van der Waals surface area (Å²) < 4.78 is 46.6. The zero-order valence-electron chi connectivity index (χ0n) is 16.9. The third-order valence-corrected chi connectivity index (χ3v) is 7.07. The van der Waals surface area contributed by atoms with Crippen LogP contribution in [-0.2, 0) is 21.2 Å². The van der Waals surface area contributed by atoms with Crippen molar-refractivity contribution in [2.24, 2.45) is 0 Å². The van der Waals surface area contributed by atoms with Crippen molar-refractivity contribution in [1.29, 1.82) is 0 Å². The van der Waals surface area contributed by atoms with Gasteiger partial charge in [-0.05, 0) is 54.4 Å². The molecule has 3 aromatic carbocycles. The van der Waals surface area contributed by atoms with Gasteiger partial charge < -0.3 is 10.1 Å². The Morgan fingerprint density at radius 3 is 2.53 bits per heavy atom. The first-order chi connectivity index (χ1) is 15.3. The topological polar surface area (TPSA) is 75.7 Å². The lowest BCUT2D eigenvalue weighted by Crippen LogP contribution is -2.51. The summed E-state index contributed by atoms with van der Waals surface area (Å²) in [5.41, 5.74) is 1.14. The van der Waals surface area contributed by atoms with Crippen LogP contribution in [0.2, 0.25) is 5.02 Å². The van der Waals surface area contributed by atoms with Crippen LogP contribution in [0.5, 0.6) is 5.75 Å². The first kappa shape index (κ1) is 22.1. The number of carbonyl (C=O) groups is 1. The van der Waals surface area contributed by atoms with E-state index in [1.807, 2.05) is 0 Å². The molecule has 0 aromatic heterocycles. The second kappa shape index (κ2) is 9.18. The van der Waals surface area contributed by atoms with E-state index in [2.05, 4.69) is 5.32 Å². The van der Waals surface area contributed by atoms with E-state index in [1.54, 1.807) is 42.5 Å². The van der Waals surface area contributed by atoms with Gasteiger partial charge >= 0.3 is 0 Å². The Labute approximate surface area is 190 Å². The molecule has 0 saturated heterocycles. The van der Waals surface area contributed by atoms with Gasteiger partial charge in [-0.2, -0.15) is 0 Å². The molecule has 4 rings (SSSR count). The van der Waals surface area contributed by atoms with Crippen LogP contribution in [0, 0.1) is 5.82 Å². The Morgan fingerprint density at radius 1 is 1.09 bits per heavy atom. The fraction of sp³-hybridized carbons (Fsp3) is 0.174. The van der Waals surface area contributed by atoms with Crippen molar-refractivity contribution in [1.82, 2.24) is 5.32 Å². The summed E-state index contributed by atoms with van der Waals surface area (Å²) in [6.07, 6.45) is -0.549. The summed E-state index contributed by atoms with van der Waals surface area (Å²) in [7, 11) is -3.95. The van der Waals surface area contributed by atoms with Crippen LogP contribution >= 0.6 is 11.6 Å². The first-order valence-electron chi connectivity index (χ1n) is 9.91. The zero-order chi connectivity index (χ0) is 22.7. The second-order valence-corrected chi connectivity index (χ2v) is 9.53. The largest absolute Gasteiger partial charge is 0.476 e. The van der Waals surface area contributed by atoms with Crippen LogP contribution in [0.1, 0.15) is 5.56 Å². The molecule has 1 aliphatic rings. The number of nitrogens with zero attached hydrogens (tertiary/aromatic N) is 1. The van der Waals surface area contributed by atoms with Crippen molar-refractivity contribution in [3.05, 3.63) is 89.2 Å². The standard InChI is InChI=1S/C23H20ClFN2O4S/c24-17-8-11-21-20(14-17)27(32(29,30)19-4-2-1-3-5-19)15-22(31-21)23(28)26-13-12-16-6-9-18(25)10-7-16/h1-11,14,22H,12-13,15H2,(H,26,28)/t22-/m1/s1. The molecule has 9 heteroatoms. The van der Waals surface area contributed by atoms with Gasteiger partial charge in [0.1, 0.15) is 11.6 Å². The number of ether oxygens (including phenoxy) is 1. The summed E-state index contributed by atoms with van der Waals surface area (Å²) in [5, 5.41) is 3.11. The summed E-state index contributed by atoms with van der Waals surface area (Å²) in [5.74, 6) is -0.522. The summed E-state index contributed by atoms with van der Waals surface area (Å²) in [6, 6.07) is 18.6. The zero-order valence-corrected chi connectivity index (χ0v) is 18.4. The SMILES string of the molecule is O=C(NCCc1ccc(F)cc1)[C@H]1CN(S(=O)(=O)c2ccccc2)c2cc(Cl)ccc2O1. The lowest BCUT2D eigenvalue weighted by atomic mass is 10.1. The minimum atomic E-state index is -3.95. The fourth-order valence-electron chi connectivity index (χ4n) is 3.40. The van der Waals surface area contributed by atoms with Gasteiger partial charge in [-0.15, -0.1) is 0 Å². The van der Waals surface area contributed by atoms with E-state index in [0.717, 1.165) is 9.87 Å². The third kappa shape index (κ3) is 4.71. The van der Waals surface area contributed by atoms with Crippen LogP contribution < -0.4 is 14.4 Å². The van der Waals surface area contributed by atoms with E-state index in [-0.39, 0.29) is 28.7 Å². The molecular weight excluding hydrogens is 455 g/mol. The highest BCUT2D eigenvalue weighted by atomic mass is 35.5. The first-order valence-corrected chi connectivity index (χ1v) is 11.7. The lowest BCUT2D eigenvalue weighted by molar-refractivity contribution is -0.127. The van der Waals surface area contributed by atoms with Crippen LogP contribution in [-0.4, -0.2) is 33.5 Å². The van der Waals surface area contributed by atoms with Gasteiger partial charge in [-0.1, -0.05) is 41.9 Å². The highest BCUT2D eigenvalue weighted by molar-refractivity contribution is 7.92. The molecular formula is C23H20ClFN2O4S. The molecule has 1 heterocycles. The van der Waals surface area contributed by atoms with Gasteiger partial charge in [0.05, 0.1) is 17.1 Å². The molecule has 1 amide bonds. The molecule has 166 valence electrons. The number of amides is 1. The number of carbonyl (C=O) groups excluding carboxylic acids is 1. The Bertz CT molecular complexity index is 1220. The molecule has 0 spiro atoms. The van der Waals surface area contributed by atoms with E-state index < -0.39 is 22.0 Å². The molecule has 1 aliphatic heterocycles.